The van der Waals surface area contributed by atoms with Crippen molar-refractivity contribution in [1.82, 2.24) is 5.32 Å². The van der Waals surface area contributed by atoms with E-state index in [9.17, 15) is 9.59 Å². The molecule has 1 heterocycles. The van der Waals surface area contributed by atoms with E-state index in [-0.39, 0.29) is 10.7 Å². The molecular formula is C23H15IN2O3S. The van der Waals surface area contributed by atoms with Crippen molar-refractivity contribution in [2.24, 2.45) is 0 Å². The van der Waals surface area contributed by atoms with Gasteiger partial charge in [0.2, 0.25) is 0 Å². The maximum Gasteiger partial charge on any atom is 0.270 e. The molecule has 30 heavy (non-hydrogen) atoms. The molecule has 2 amide bonds. The number of hydrogen-bond donors (Lipinski definition) is 1. The van der Waals surface area contributed by atoms with Crippen LogP contribution in [0, 0.1) is 3.57 Å². The zero-order chi connectivity index (χ0) is 21.1. The lowest BCUT2D eigenvalue weighted by atomic mass is 10.1. The number of para-hydroxylation sites is 1. The molecular weight excluding hydrogens is 511 g/mol. The molecule has 4 rings (SSSR count). The van der Waals surface area contributed by atoms with Crippen molar-refractivity contribution in [2.45, 2.75) is 0 Å². The zero-order valence-electron chi connectivity index (χ0n) is 15.5. The summed E-state index contributed by atoms with van der Waals surface area (Å²) in [7, 11) is 0. The first-order valence-electron chi connectivity index (χ1n) is 9.02. The molecule has 148 valence electrons. The summed E-state index contributed by atoms with van der Waals surface area (Å²) in [5, 5.41) is 2.64. The Morgan fingerprint density at radius 2 is 1.50 bits per heavy atom. The van der Waals surface area contributed by atoms with Gasteiger partial charge in [-0.1, -0.05) is 36.4 Å². The molecule has 0 spiro atoms. The quantitative estimate of drug-likeness (QED) is 0.227. The van der Waals surface area contributed by atoms with Crippen molar-refractivity contribution in [1.29, 1.82) is 0 Å². The van der Waals surface area contributed by atoms with E-state index >= 15 is 0 Å². The van der Waals surface area contributed by atoms with E-state index in [2.05, 4.69) is 27.9 Å². The van der Waals surface area contributed by atoms with Crippen molar-refractivity contribution >= 4 is 63.5 Å². The van der Waals surface area contributed by atoms with Gasteiger partial charge < -0.3 is 4.74 Å². The number of anilines is 1. The van der Waals surface area contributed by atoms with Gasteiger partial charge in [-0.25, -0.2) is 0 Å². The third kappa shape index (κ3) is 4.27. The topological polar surface area (TPSA) is 58.6 Å². The lowest BCUT2D eigenvalue weighted by Crippen LogP contribution is -2.54. The minimum atomic E-state index is -0.509. The molecule has 0 radical (unpaired) electrons. The molecule has 0 atom stereocenters. The third-order valence-corrected chi connectivity index (χ3v) is 5.65. The van der Waals surface area contributed by atoms with E-state index in [1.54, 1.807) is 30.3 Å². The van der Waals surface area contributed by atoms with Crippen LogP contribution in [0.2, 0.25) is 0 Å². The van der Waals surface area contributed by atoms with Gasteiger partial charge in [0.1, 0.15) is 17.1 Å². The maximum atomic E-state index is 13.1. The Morgan fingerprint density at radius 3 is 2.20 bits per heavy atom. The summed E-state index contributed by atoms with van der Waals surface area (Å²) in [6.45, 7) is 0. The smallest absolute Gasteiger partial charge is 0.270 e. The highest BCUT2D eigenvalue weighted by Crippen LogP contribution is 2.27. The Labute approximate surface area is 192 Å². The minimum absolute atomic E-state index is 0.0253. The standard InChI is InChI=1S/C23H15IN2O3S/c24-20-9-5-4-6-15(20)14-19-21(27)25-23(30)26(22(19)28)16-10-12-18(13-11-16)29-17-7-2-1-3-8-17/h1-14H,(H,25,27,30). The number of carbonyl (C=O) groups excluding carboxylic acids is 2. The Hall–Kier alpha value is -3.04. The van der Waals surface area contributed by atoms with Gasteiger partial charge in [-0.3, -0.25) is 19.8 Å². The van der Waals surface area contributed by atoms with Gasteiger partial charge in [0, 0.05) is 3.57 Å². The summed E-state index contributed by atoms with van der Waals surface area (Å²) in [5.74, 6) is 0.355. The second-order valence-electron chi connectivity index (χ2n) is 6.39. The van der Waals surface area contributed by atoms with Crippen LogP contribution in [0.4, 0.5) is 5.69 Å². The number of nitrogens with zero attached hydrogens (tertiary/aromatic N) is 1. The molecule has 0 aromatic heterocycles. The van der Waals surface area contributed by atoms with Crippen LogP contribution in [0.15, 0.2) is 84.4 Å². The van der Waals surface area contributed by atoms with Crippen molar-refractivity contribution in [2.75, 3.05) is 4.90 Å². The largest absolute Gasteiger partial charge is 0.457 e. The summed E-state index contributed by atoms with van der Waals surface area (Å²) in [6, 6.07) is 23.9. The summed E-state index contributed by atoms with van der Waals surface area (Å²) in [4.78, 5) is 26.9. The summed E-state index contributed by atoms with van der Waals surface area (Å²) >= 11 is 7.42. The number of amides is 2. The Bertz CT molecular complexity index is 1160. The highest BCUT2D eigenvalue weighted by atomic mass is 127. The molecule has 1 N–H and O–H groups in total. The fraction of sp³-hybridized carbons (Fsp3) is 0. The second kappa shape index (κ2) is 8.76. The fourth-order valence-electron chi connectivity index (χ4n) is 2.93. The molecule has 3 aromatic rings. The van der Waals surface area contributed by atoms with Gasteiger partial charge in [0.05, 0.1) is 5.69 Å². The monoisotopic (exact) mass is 526 g/mol. The number of ether oxygens (including phenoxy) is 1. The first kappa shape index (κ1) is 20.2. The van der Waals surface area contributed by atoms with Crippen molar-refractivity contribution in [3.63, 3.8) is 0 Å². The van der Waals surface area contributed by atoms with Crippen LogP contribution in [0.3, 0.4) is 0 Å². The van der Waals surface area contributed by atoms with E-state index in [1.165, 1.54) is 4.90 Å². The molecule has 7 heteroatoms. The van der Waals surface area contributed by atoms with E-state index in [0.717, 1.165) is 9.13 Å². The summed E-state index contributed by atoms with van der Waals surface area (Å²) in [6.07, 6.45) is 1.58. The highest BCUT2D eigenvalue weighted by Gasteiger charge is 2.34. The zero-order valence-corrected chi connectivity index (χ0v) is 18.5. The van der Waals surface area contributed by atoms with E-state index in [4.69, 9.17) is 17.0 Å². The van der Waals surface area contributed by atoms with E-state index in [1.807, 2.05) is 54.6 Å². The van der Waals surface area contributed by atoms with Crippen LogP contribution in [-0.2, 0) is 9.59 Å². The summed E-state index contributed by atoms with van der Waals surface area (Å²) in [5.41, 5.74) is 1.35. The molecule has 1 saturated heterocycles. The van der Waals surface area contributed by atoms with Crippen LogP contribution < -0.4 is 15.0 Å². The van der Waals surface area contributed by atoms with Crippen molar-refractivity contribution in [3.05, 3.63) is 93.6 Å². The van der Waals surface area contributed by atoms with Crippen LogP contribution in [0.5, 0.6) is 11.5 Å². The second-order valence-corrected chi connectivity index (χ2v) is 7.94. The molecule has 1 aliphatic heterocycles. The van der Waals surface area contributed by atoms with Gasteiger partial charge in [-0.05, 0) is 88.9 Å². The number of rotatable bonds is 4. The Kier molecular flexibility index (Phi) is 5.91. The average Bonchev–Trinajstić information content (AvgIpc) is 2.74. The van der Waals surface area contributed by atoms with Crippen molar-refractivity contribution < 1.29 is 14.3 Å². The highest BCUT2D eigenvalue weighted by molar-refractivity contribution is 14.1. The van der Waals surface area contributed by atoms with Gasteiger partial charge in [-0.15, -0.1) is 0 Å². The predicted octanol–water partition coefficient (Wildman–Crippen LogP) is 4.91. The lowest BCUT2D eigenvalue weighted by Gasteiger charge is -2.29. The first-order chi connectivity index (χ1) is 14.5. The first-order valence-corrected chi connectivity index (χ1v) is 10.5. The fourth-order valence-corrected chi connectivity index (χ4v) is 3.75. The van der Waals surface area contributed by atoms with Crippen LogP contribution in [-0.4, -0.2) is 16.9 Å². The molecule has 0 saturated carbocycles. The Balaban J connectivity index is 1.61. The van der Waals surface area contributed by atoms with Crippen LogP contribution >= 0.6 is 34.8 Å². The predicted molar refractivity (Wildman–Crippen MR) is 128 cm³/mol. The molecule has 0 unspecified atom stereocenters. The van der Waals surface area contributed by atoms with E-state index < -0.39 is 11.8 Å². The number of carbonyl (C=O) groups is 2. The number of benzene rings is 3. The van der Waals surface area contributed by atoms with Crippen LogP contribution in [0.1, 0.15) is 5.56 Å². The number of halogens is 1. The minimum Gasteiger partial charge on any atom is -0.457 e. The molecule has 1 aliphatic rings. The van der Waals surface area contributed by atoms with Crippen molar-refractivity contribution in [3.8, 4) is 11.5 Å². The Morgan fingerprint density at radius 1 is 0.867 bits per heavy atom. The number of thiocarbonyl (C=S) groups is 1. The maximum absolute atomic E-state index is 13.1. The molecule has 3 aromatic carbocycles. The molecule has 5 nitrogen and oxygen atoms in total. The number of nitrogens with one attached hydrogen (secondary N) is 1. The lowest BCUT2D eigenvalue weighted by molar-refractivity contribution is -0.122. The van der Waals surface area contributed by atoms with E-state index in [0.29, 0.717) is 17.2 Å². The van der Waals surface area contributed by atoms with Gasteiger partial charge in [0.15, 0.2) is 5.11 Å². The third-order valence-electron chi connectivity index (χ3n) is 4.38. The SMILES string of the molecule is O=C1NC(=S)N(c2ccc(Oc3ccccc3)cc2)C(=O)C1=Cc1ccccc1I. The molecule has 0 aliphatic carbocycles. The average molecular weight is 526 g/mol. The summed E-state index contributed by atoms with van der Waals surface area (Å²) < 4.78 is 6.72. The van der Waals surface area contributed by atoms with Gasteiger partial charge >= 0.3 is 0 Å². The molecule has 0 bridgehead atoms. The van der Waals surface area contributed by atoms with Gasteiger partial charge in [-0.2, -0.15) is 0 Å². The van der Waals surface area contributed by atoms with Crippen LogP contribution in [0.25, 0.3) is 6.08 Å². The van der Waals surface area contributed by atoms with Gasteiger partial charge in [0.25, 0.3) is 11.8 Å². The normalized spacial score (nSPS) is 15.3. The molecule has 1 fully saturated rings. The number of hydrogen-bond acceptors (Lipinski definition) is 4.